The molecule has 1 aromatic rings. The van der Waals surface area contributed by atoms with E-state index in [1.54, 1.807) is 11.3 Å². The van der Waals surface area contributed by atoms with Gasteiger partial charge in [0, 0.05) is 6.54 Å². The normalized spacial score (nSPS) is 11.6. The first kappa shape index (κ1) is 13.7. The highest BCUT2D eigenvalue weighted by Crippen LogP contribution is 2.08. The molecular formula is C13H24N2S. The molecular weight excluding hydrogens is 216 g/mol. The van der Waals surface area contributed by atoms with E-state index in [1.165, 1.54) is 18.5 Å². The van der Waals surface area contributed by atoms with Crippen LogP contribution in [-0.4, -0.2) is 31.6 Å². The van der Waals surface area contributed by atoms with Crippen LogP contribution in [0, 0.1) is 5.92 Å². The quantitative estimate of drug-likeness (QED) is 0.703. The van der Waals surface area contributed by atoms with Gasteiger partial charge in [0.2, 0.25) is 0 Å². The van der Waals surface area contributed by atoms with E-state index in [0.29, 0.717) is 0 Å². The zero-order valence-electron chi connectivity index (χ0n) is 10.7. The predicted molar refractivity (Wildman–Crippen MR) is 73.0 cm³/mol. The van der Waals surface area contributed by atoms with Gasteiger partial charge in [0.25, 0.3) is 0 Å². The lowest BCUT2D eigenvalue weighted by Crippen LogP contribution is -2.25. The van der Waals surface area contributed by atoms with Gasteiger partial charge in [-0.25, -0.2) is 0 Å². The van der Waals surface area contributed by atoms with Gasteiger partial charge in [0.05, 0.1) is 0 Å². The molecule has 0 spiro atoms. The van der Waals surface area contributed by atoms with Gasteiger partial charge >= 0.3 is 0 Å². The molecule has 0 aliphatic carbocycles. The van der Waals surface area contributed by atoms with Gasteiger partial charge < -0.3 is 10.2 Å². The minimum Gasteiger partial charge on any atom is -0.316 e. The van der Waals surface area contributed by atoms with Gasteiger partial charge in [-0.1, -0.05) is 13.8 Å². The first-order valence-electron chi connectivity index (χ1n) is 6.09. The lowest BCUT2D eigenvalue weighted by atomic mass is 10.2. The van der Waals surface area contributed by atoms with Crippen molar-refractivity contribution in [2.45, 2.75) is 26.8 Å². The van der Waals surface area contributed by atoms with Crippen LogP contribution in [0.1, 0.15) is 25.8 Å². The molecule has 0 aliphatic heterocycles. The van der Waals surface area contributed by atoms with Crippen LogP contribution >= 0.6 is 11.3 Å². The first-order valence-corrected chi connectivity index (χ1v) is 7.03. The third-order valence-electron chi connectivity index (χ3n) is 2.48. The Hall–Kier alpha value is -0.380. The monoisotopic (exact) mass is 240 g/mol. The van der Waals surface area contributed by atoms with Crippen molar-refractivity contribution in [3.63, 3.8) is 0 Å². The molecule has 0 aromatic carbocycles. The summed E-state index contributed by atoms with van der Waals surface area (Å²) >= 11 is 1.78. The summed E-state index contributed by atoms with van der Waals surface area (Å²) in [7, 11) is 2.19. The van der Waals surface area contributed by atoms with Gasteiger partial charge in [-0.2, -0.15) is 11.3 Å². The van der Waals surface area contributed by atoms with E-state index in [1.807, 2.05) is 0 Å². The Kier molecular flexibility index (Phi) is 6.69. The number of hydrogen-bond donors (Lipinski definition) is 1. The Morgan fingerprint density at radius 2 is 2.25 bits per heavy atom. The lowest BCUT2D eigenvalue weighted by molar-refractivity contribution is 0.319. The van der Waals surface area contributed by atoms with Crippen molar-refractivity contribution in [2.75, 3.05) is 26.7 Å². The van der Waals surface area contributed by atoms with Crippen LogP contribution in [0.15, 0.2) is 16.8 Å². The van der Waals surface area contributed by atoms with E-state index in [2.05, 4.69) is 47.9 Å². The second kappa shape index (κ2) is 7.82. The molecule has 1 N–H and O–H groups in total. The van der Waals surface area contributed by atoms with E-state index in [9.17, 15) is 0 Å². The Labute approximate surface area is 104 Å². The van der Waals surface area contributed by atoms with Crippen LogP contribution in [0.2, 0.25) is 0 Å². The fourth-order valence-electron chi connectivity index (χ4n) is 1.64. The van der Waals surface area contributed by atoms with Gasteiger partial charge in [-0.3, -0.25) is 0 Å². The zero-order chi connectivity index (χ0) is 11.8. The maximum absolute atomic E-state index is 3.47. The largest absolute Gasteiger partial charge is 0.316 e. The van der Waals surface area contributed by atoms with Crippen molar-refractivity contribution in [3.05, 3.63) is 22.4 Å². The highest BCUT2D eigenvalue weighted by atomic mass is 32.1. The number of nitrogens with zero attached hydrogens (tertiary/aromatic N) is 1. The molecule has 92 valence electrons. The van der Waals surface area contributed by atoms with E-state index >= 15 is 0 Å². The molecule has 0 saturated heterocycles. The summed E-state index contributed by atoms with van der Waals surface area (Å²) in [6.45, 7) is 9.00. The summed E-state index contributed by atoms with van der Waals surface area (Å²) < 4.78 is 0. The Balaban J connectivity index is 2.00. The van der Waals surface area contributed by atoms with Crippen molar-refractivity contribution in [1.29, 1.82) is 0 Å². The van der Waals surface area contributed by atoms with Crippen molar-refractivity contribution < 1.29 is 0 Å². The maximum Gasteiger partial charge on any atom is 0.0238 e. The number of thiophene rings is 1. The second-order valence-electron chi connectivity index (χ2n) is 4.82. The molecule has 0 aliphatic rings. The van der Waals surface area contributed by atoms with Crippen molar-refractivity contribution in [3.8, 4) is 0 Å². The highest BCUT2D eigenvalue weighted by molar-refractivity contribution is 7.07. The van der Waals surface area contributed by atoms with E-state index in [4.69, 9.17) is 0 Å². The Bertz CT molecular complexity index is 257. The molecule has 3 heteroatoms. The van der Waals surface area contributed by atoms with Crippen LogP contribution in [0.4, 0.5) is 0 Å². The number of rotatable bonds is 8. The SMILES string of the molecule is CC(C)CNCCCN(C)Cc1ccsc1. The van der Waals surface area contributed by atoms with Crippen molar-refractivity contribution in [1.82, 2.24) is 10.2 Å². The minimum absolute atomic E-state index is 0.753. The van der Waals surface area contributed by atoms with Crippen LogP contribution in [0.5, 0.6) is 0 Å². The van der Waals surface area contributed by atoms with Crippen molar-refractivity contribution in [2.24, 2.45) is 5.92 Å². The predicted octanol–water partition coefficient (Wildman–Crippen LogP) is 2.82. The smallest absolute Gasteiger partial charge is 0.0238 e. The minimum atomic E-state index is 0.753. The summed E-state index contributed by atoms with van der Waals surface area (Å²) in [5.74, 6) is 0.753. The molecule has 0 atom stereocenters. The summed E-state index contributed by atoms with van der Waals surface area (Å²) in [6, 6.07) is 2.21. The Morgan fingerprint density at radius 1 is 1.44 bits per heavy atom. The summed E-state index contributed by atoms with van der Waals surface area (Å²) in [4.78, 5) is 2.39. The van der Waals surface area contributed by atoms with Crippen LogP contribution in [0.3, 0.4) is 0 Å². The van der Waals surface area contributed by atoms with Gasteiger partial charge in [-0.15, -0.1) is 0 Å². The third-order valence-corrected chi connectivity index (χ3v) is 3.21. The maximum atomic E-state index is 3.47. The molecule has 0 amide bonds. The van der Waals surface area contributed by atoms with E-state index in [0.717, 1.165) is 25.6 Å². The molecule has 0 fully saturated rings. The average Bonchev–Trinajstić information content (AvgIpc) is 2.69. The highest BCUT2D eigenvalue weighted by Gasteiger charge is 2.00. The number of hydrogen-bond acceptors (Lipinski definition) is 3. The van der Waals surface area contributed by atoms with Crippen LogP contribution < -0.4 is 5.32 Å². The lowest BCUT2D eigenvalue weighted by Gasteiger charge is -2.16. The topological polar surface area (TPSA) is 15.3 Å². The summed E-state index contributed by atoms with van der Waals surface area (Å²) in [5, 5.41) is 7.85. The van der Waals surface area contributed by atoms with Gasteiger partial charge in [0.15, 0.2) is 0 Å². The first-order chi connectivity index (χ1) is 7.68. The van der Waals surface area contributed by atoms with Crippen LogP contribution in [-0.2, 0) is 6.54 Å². The fourth-order valence-corrected chi connectivity index (χ4v) is 2.30. The summed E-state index contributed by atoms with van der Waals surface area (Å²) in [5.41, 5.74) is 1.43. The molecule has 0 radical (unpaired) electrons. The van der Waals surface area contributed by atoms with E-state index in [-0.39, 0.29) is 0 Å². The molecule has 1 heterocycles. The third kappa shape index (κ3) is 6.26. The number of nitrogens with one attached hydrogen (secondary N) is 1. The van der Waals surface area contributed by atoms with Gasteiger partial charge in [0.1, 0.15) is 0 Å². The summed E-state index contributed by atoms with van der Waals surface area (Å²) in [6.07, 6.45) is 1.23. The molecule has 1 aromatic heterocycles. The molecule has 16 heavy (non-hydrogen) atoms. The molecule has 2 nitrogen and oxygen atoms in total. The average molecular weight is 240 g/mol. The fraction of sp³-hybridized carbons (Fsp3) is 0.692. The molecule has 0 unspecified atom stereocenters. The zero-order valence-corrected chi connectivity index (χ0v) is 11.5. The van der Waals surface area contributed by atoms with Crippen molar-refractivity contribution >= 4 is 11.3 Å². The Morgan fingerprint density at radius 3 is 2.88 bits per heavy atom. The second-order valence-corrected chi connectivity index (χ2v) is 5.60. The molecule has 0 bridgehead atoms. The van der Waals surface area contributed by atoms with Crippen LogP contribution in [0.25, 0.3) is 0 Å². The molecule has 0 saturated carbocycles. The standard InChI is InChI=1S/C13H24N2S/c1-12(2)9-14-6-4-7-15(3)10-13-5-8-16-11-13/h5,8,11-12,14H,4,6-7,9-10H2,1-3H3. The van der Waals surface area contributed by atoms with E-state index < -0.39 is 0 Å². The molecule has 1 rings (SSSR count). The van der Waals surface area contributed by atoms with Gasteiger partial charge in [-0.05, 0) is 61.4 Å².